The Labute approximate surface area is 157 Å². The Morgan fingerprint density at radius 2 is 1.78 bits per heavy atom. The number of carbonyl (C=O) groups excluding carboxylic acids is 2. The molecule has 27 heavy (non-hydrogen) atoms. The SMILES string of the molecule is COc1ccc(CC(=O)O[C@H](C)C(=O)NCc2ccc3c(c2)OCO3)cc1. The van der Waals surface area contributed by atoms with E-state index in [9.17, 15) is 9.59 Å². The Hall–Kier alpha value is -3.22. The zero-order chi connectivity index (χ0) is 19.2. The van der Waals surface area contributed by atoms with Gasteiger partial charge in [-0.15, -0.1) is 0 Å². The third-order valence-electron chi connectivity index (χ3n) is 4.09. The van der Waals surface area contributed by atoms with Gasteiger partial charge in [-0.05, 0) is 42.3 Å². The Kier molecular flexibility index (Phi) is 5.80. The molecule has 1 heterocycles. The molecule has 142 valence electrons. The van der Waals surface area contributed by atoms with Crippen LogP contribution in [0.2, 0.25) is 0 Å². The zero-order valence-electron chi connectivity index (χ0n) is 15.2. The van der Waals surface area contributed by atoms with Gasteiger partial charge in [-0.2, -0.15) is 0 Å². The smallest absolute Gasteiger partial charge is 0.311 e. The highest BCUT2D eigenvalue weighted by atomic mass is 16.7. The van der Waals surface area contributed by atoms with Gasteiger partial charge in [-0.25, -0.2) is 0 Å². The van der Waals surface area contributed by atoms with E-state index in [0.717, 1.165) is 11.1 Å². The van der Waals surface area contributed by atoms with Crippen LogP contribution in [0.15, 0.2) is 42.5 Å². The summed E-state index contributed by atoms with van der Waals surface area (Å²) in [6, 6.07) is 12.5. The van der Waals surface area contributed by atoms with Gasteiger partial charge in [0.15, 0.2) is 17.6 Å². The maximum Gasteiger partial charge on any atom is 0.311 e. The molecule has 7 heteroatoms. The molecule has 3 rings (SSSR count). The molecule has 0 fully saturated rings. The second-order valence-electron chi connectivity index (χ2n) is 6.06. The van der Waals surface area contributed by atoms with Crippen LogP contribution in [-0.4, -0.2) is 31.9 Å². The van der Waals surface area contributed by atoms with E-state index in [-0.39, 0.29) is 19.1 Å². The van der Waals surface area contributed by atoms with Crippen LogP contribution in [0.4, 0.5) is 0 Å². The van der Waals surface area contributed by atoms with E-state index in [1.165, 1.54) is 0 Å². The van der Waals surface area contributed by atoms with Crippen molar-refractivity contribution in [2.45, 2.75) is 26.0 Å². The lowest BCUT2D eigenvalue weighted by atomic mass is 10.1. The first-order chi connectivity index (χ1) is 13.0. The van der Waals surface area contributed by atoms with Gasteiger partial charge in [0.05, 0.1) is 13.5 Å². The average Bonchev–Trinajstić information content (AvgIpc) is 3.14. The molecule has 0 unspecified atom stereocenters. The molecule has 1 atom stereocenters. The predicted octanol–water partition coefficient (Wildman–Crippen LogP) is 2.21. The van der Waals surface area contributed by atoms with Crippen molar-refractivity contribution in [1.82, 2.24) is 5.32 Å². The Morgan fingerprint density at radius 3 is 2.52 bits per heavy atom. The van der Waals surface area contributed by atoms with Crippen molar-refractivity contribution in [1.29, 1.82) is 0 Å². The summed E-state index contributed by atoms with van der Waals surface area (Å²) in [4.78, 5) is 24.2. The predicted molar refractivity (Wildman–Crippen MR) is 96.7 cm³/mol. The molecule has 0 radical (unpaired) electrons. The monoisotopic (exact) mass is 371 g/mol. The number of ether oxygens (including phenoxy) is 4. The Bertz CT molecular complexity index is 818. The fourth-order valence-corrected chi connectivity index (χ4v) is 2.59. The number of carbonyl (C=O) groups is 2. The summed E-state index contributed by atoms with van der Waals surface area (Å²) in [5.74, 6) is 1.22. The Balaban J connectivity index is 1.46. The molecule has 1 aliphatic heterocycles. The Morgan fingerprint density at radius 1 is 1.07 bits per heavy atom. The number of nitrogens with one attached hydrogen (secondary N) is 1. The summed E-state index contributed by atoms with van der Waals surface area (Å²) in [5, 5.41) is 2.75. The number of methoxy groups -OCH3 is 1. The van der Waals surface area contributed by atoms with Crippen molar-refractivity contribution in [3.05, 3.63) is 53.6 Å². The lowest BCUT2D eigenvalue weighted by Gasteiger charge is -2.14. The fraction of sp³-hybridized carbons (Fsp3) is 0.300. The van der Waals surface area contributed by atoms with E-state index in [4.69, 9.17) is 18.9 Å². The number of esters is 1. The molecule has 7 nitrogen and oxygen atoms in total. The summed E-state index contributed by atoms with van der Waals surface area (Å²) < 4.78 is 20.8. The van der Waals surface area contributed by atoms with Crippen LogP contribution in [0.1, 0.15) is 18.1 Å². The number of benzene rings is 2. The highest BCUT2D eigenvalue weighted by Gasteiger charge is 2.18. The van der Waals surface area contributed by atoms with Crippen LogP contribution >= 0.6 is 0 Å². The average molecular weight is 371 g/mol. The van der Waals surface area contributed by atoms with Crippen molar-refractivity contribution in [2.75, 3.05) is 13.9 Å². The molecule has 0 saturated carbocycles. The topological polar surface area (TPSA) is 83.1 Å². The quantitative estimate of drug-likeness (QED) is 0.752. The zero-order valence-corrected chi connectivity index (χ0v) is 15.2. The van der Waals surface area contributed by atoms with Crippen LogP contribution in [0.3, 0.4) is 0 Å². The molecule has 1 N–H and O–H groups in total. The summed E-state index contributed by atoms with van der Waals surface area (Å²) in [7, 11) is 1.58. The van der Waals surface area contributed by atoms with Crippen molar-refractivity contribution >= 4 is 11.9 Å². The molecule has 0 bridgehead atoms. The third kappa shape index (κ3) is 4.91. The lowest BCUT2D eigenvalue weighted by molar-refractivity contribution is -0.154. The normalized spacial score (nSPS) is 13.0. The first-order valence-electron chi connectivity index (χ1n) is 8.54. The highest BCUT2D eigenvalue weighted by Crippen LogP contribution is 2.32. The molecule has 0 aromatic heterocycles. The van der Waals surface area contributed by atoms with E-state index in [0.29, 0.717) is 23.8 Å². The van der Waals surface area contributed by atoms with Gasteiger partial charge in [0.2, 0.25) is 6.79 Å². The second kappa shape index (κ2) is 8.44. The third-order valence-corrected chi connectivity index (χ3v) is 4.09. The molecular formula is C20H21NO6. The van der Waals surface area contributed by atoms with Crippen molar-refractivity contribution < 1.29 is 28.5 Å². The van der Waals surface area contributed by atoms with Gasteiger partial charge >= 0.3 is 5.97 Å². The summed E-state index contributed by atoms with van der Waals surface area (Å²) in [5.41, 5.74) is 1.65. The maximum atomic E-state index is 12.2. The molecule has 2 aromatic rings. The van der Waals surface area contributed by atoms with Crippen LogP contribution in [-0.2, 0) is 27.3 Å². The lowest BCUT2D eigenvalue weighted by Crippen LogP contribution is -2.35. The number of hydrogen-bond acceptors (Lipinski definition) is 6. The standard InChI is InChI=1S/C20H21NO6/c1-13(27-19(22)10-14-3-6-16(24-2)7-4-14)20(23)21-11-15-5-8-17-18(9-15)26-12-25-17/h3-9,13H,10-12H2,1-2H3,(H,21,23)/t13-/m1/s1. The minimum atomic E-state index is -0.884. The van der Waals surface area contributed by atoms with Gasteiger partial charge in [0.1, 0.15) is 5.75 Å². The van der Waals surface area contributed by atoms with Gasteiger partial charge in [0.25, 0.3) is 5.91 Å². The van der Waals surface area contributed by atoms with Gasteiger partial charge in [-0.1, -0.05) is 18.2 Å². The number of rotatable bonds is 7. The van der Waals surface area contributed by atoms with Gasteiger partial charge in [-0.3, -0.25) is 9.59 Å². The molecule has 2 aromatic carbocycles. The van der Waals surface area contributed by atoms with Crippen LogP contribution < -0.4 is 19.5 Å². The van der Waals surface area contributed by atoms with E-state index < -0.39 is 12.1 Å². The minimum absolute atomic E-state index is 0.0871. The van der Waals surface area contributed by atoms with E-state index >= 15 is 0 Å². The van der Waals surface area contributed by atoms with Crippen LogP contribution in [0.25, 0.3) is 0 Å². The van der Waals surface area contributed by atoms with Crippen molar-refractivity contribution in [2.24, 2.45) is 0 Å². The first kappa shape index (κ1) is 18.6. The van der Waals surface area contributed by atoms with Crippen molar-refractivity contribution in [3.63, 3.8) is 0 Å². The van der Waals surface area contributed by atoms with Gasteiger partial charge < -0.3 is 24.3 Å². The summed E-state index contributed by atoms with van der Waals surface area (Å²) in [6.45, 7) is 2.04. The molecule has 0 saturated heterocycles. The summed E-state index contributed by atoms with van der Waals surface area (Å²) in [6.07, 6.45) is -0.797. The highest BCUT2D eigenvalue weighted by molar-refractivity contribution is 5.83. The fourth-order valence-electron chi connectivity index (χ4n) is 2.59. The van der Waals surface area contributed by atoms with E-state index in [2.05, 4.69) is 5.32 Å². The molecule has 1 amide bonds. The van der Waals surface area contributed by atoms with E-state index in [1.807, 2.05) is 12.1 Å². The van der Waals surface area contributed by atoms with Crippen molar-refractivity contribution in [3.8, 4) is 17.2 Å². The summed E-state index contributed by atoms with van der Waals surface area (Å²) >= 11 is 0. The minimum Gasteiger partial charge on any atom is -0.497 e. The number of hydrogen-bond donors (Lipinski definition) is 1. The second-order valence-corrected chi connectivity index (χ2v) is 6.06. The largest absolute Gasteiger partial charge is 0.497 e. The maximum absolute atomic E-state index is 12.2. The first-order valence-corrected chi connectivity index (χ1v) is 8.54. The van der Waals surface area contributed by atoms with Gasteiger partial charge in [0, 0.05) is 6.54 Å². The number of amides is 1. The van der Waals surface area contributed by atoms with Crippen LogP contribution in [0.5, 0.6) is 17.2 Å². The van der Waals surface area contributed by atoms with E-state index in [1.54, 1.807) is 44.4 Å². The van der Waals surface area contributed by atoms with Crippen LogP contribution in [0, 0.1) is 0 Å². The molecule has 0 spiro atoms. The molecule has 1 aliphatic rings. The molecular weight excluding hydrogens is 350 g/mol. The molecule has 0 aliphatic carbocycles. The number of fused-ring (bicyclic) bond motifs is 1.